The fourth-order valence-electron chi connectivity index (χ4n) is 12.5. The zero-order valence-electron chi connectivity index (χ0n) is 57.0. The van der Waals surface area contributed by atoms with Crippen molar-refractivity contribution in [3.8, 4) is 0 Å². The van der Waals surface area contributed by atoms with Gasteiger partial charge in [0.05, 0.1) is 25.6 Å². The predicted octanol–water partition coefficient (Wildman–Crippen LogP) is 5.57. The third-order valence-electron chi connectivity index (χ3n) is 18.5. The summed E-state index contributed by atoms with van der Waals surface area (Å²) < 4.78 is 41.2. The first-order valence-electron chi connectivity index (χ1n) is 32.3. The van der Waals surface area contributed by atoms with Crippen LogP contribution in [0, 0.1) is 41.4 Å². The molecule has 0 unspecified atom stereocenters. The number of rotatable bonds is 12. The van der Waals surface area contributed by atoms with E-state index in [2.05, 4.69) is 21.3 Å². The second-order valence-electron chi connectivity index (χ2n) is 27.9. The van der Waals surface area contributed by atoms with Gasteiger partial charge in [-0.1, -0.05) is 61.8 Å². The van der Waals surface area contributed by atoms with Crippen LogP contribution in [0.25, 0.3) is 0 Å². The quantitative estimate of drug-likeness (QED) is 0.176. The Morgan fingerprint density at radius 1 is 0.556 bits per heavy atom. The summed E-state index contributed by atoms with van der Waals surface area (Å²) in [6.45, 7) is 17.4. The molecule has 3 fully saturated rings. The van der Waals surface area contributed by atoms with Gasteiger partial charge in [0.2, 0.25) is 65.0 Å². The van der Waals surface area contributed by atoms with E-state index < -0.39 is 156 Å². The maximum Gasteiger partial charge on any atom is 0.391 e. The van der Waals surface area contributed by atoms with Crippen LogP contribution in [-0.4, -0.2) is 228 Å². The van der Waals surface area contributed by atoms with Gasteiger partial charge in [-0.25, -0.2) is 0 Å². The highest BCUT2D eigenvalue weighted by molar-refractivity contribution is 6.20. The van der Waals surface area contributed by atoms with E-state index in [0.717, 1.165) is 14.7 Å². The normalized spacial score (nSPS) is 29.2. The Morgan fingerprint density at radius 2 is 1.08 bits per heavy atom. The molecule has 3 rings (SSSR count). The molecule has 90 heavy (non-hydrogen) atoms. The molecule has 1 aliphatic heterocycles. The first-order chi connectivity index (χ1) is 41.6. The van der Waals surface area contributed by atoms with Crippen LogP contribution in [0.4, 0.5) is 13.2 Å². The first-order valence-corrected chi connectivity index (χ1v) is 32.8. The number of carbonyl (C=O) groups is 11. The van der Waals surface area contributed by atoms with E-state index in [1.54, 1.807) is 27.7 Å². The standard InChI is InChI=1S/C64H109ClF3N11O11/c1-19-40(8)54-61(89)75(14)35-52(82)73(12)36-53(83)76(15)49(33-43-22-27-45(65)28-23-43)60(88)74(13)34-50(80)70-46(29-24-42-20-25-44(26-21-42)64(66,67)68)59(87)77(16)48(31-38(4)5)57(85)72-63(10,11)62(90)78(17)47(30-37(2)3)56(84)69-41(9)32-51(81)79(18)55(39(6)7)58(86)71-54/h37-49,54-55H,19-36H2,1-18H3,(H,69,84)(H,70,80)(H,71,86)(H,72,85)/t40-,41+,42?,43?,44?,45?,46-,47-,48-,49-,54-,55-/m0/s1. The molecule has 8 atom stereocenters. The van der Waals surface area contributed by atoms with Crippen molar-refractivity contribution in [1.82, 2.24) is 55.6 Å². The monoisotopic (exact) mass is 1300 g/mol. The summed E-state index contributed by atoms with van der Waals surface area (Å²) in [5, 5.41) is 11.3. The van der Waals surface area contributed by atoms with Crippen LogP contribution < -0.4 is 21.3 Å². The average Bonchev–Trinajstić information content (AvgIpc) is 1.70. The Morgan fingerprint density at radius 3 is 1.60 bits per heavy atom. The highest BCUT2D eigenvalue weighted by Crippen LogP contribution is 2.41. The van der Waals surface area contributed by atoms with Crippen LogP contribution in [0.3, 0.4) is 0 Å². The van der Waals surface area contributed by atoms with Gasteiger partial charge >= 0.3 is 6.18 Å². The Kier molecular flexibility index (Phi) is 30.3. The number of alkyl halides is 4. The molecule has 514 valence electrons. The van der Waals surface area contributed by atoms with Gasteiger partial charge in [-0.3, -0.25) is 52.7 Å². The summed E-state index contributed by atoms with van der Waals surface area (Å²) in [6.07, 6.45) is -0.608. The lowest BCUT2D eigenvalue weighted by atomic mass is 9.79. The lowest BCUT2D eigenvalue weighted by molar-refractivity contribution is -0.184. The van der Waals surface area contributed by atoms with E-state index in [1.165, 1.54) is 82.8 Å². The fourth-order valence-corrected chi connectivity index (χ4v) is 12.8. The number of likely N-dealkylation sites (N-methyl/N-ethyl adjacent to an activating group) is 7. The summed E-state index contributed by atoms with van der Waals surface area (Å²) in [5.41, 5.74) is -1.70. The molecular weight excluding hydrogens is 1190 g/mol. The van der Waals surface area contributed by atoms with E-state index in [1.807, 2.05) is 34.6 Å². The fraction of sp³-hybridized carbons (Fsp3) is 0.828. The van der Waals surface area contributed by atoms with Gasteiger partial charge in [-0.15, -0.1) is 11.6 Å². The largest absolute Gasteiger partial charge is 0.391 e. The number of hydrogen-bond donors (Lipinski definition) is 4. The maximum absolute atomic E-state index is 15.0. The number of halogens is 4. The summed E-state index contributed by atoms with van der Waals surface area (Å²) in [6, 6.07) is -7.88. The molecule has 0 aromatic carbocycles. The van der Waals surface area contributed by atoms with E-state index >= 15 is 0 Å². The third-order valence-corrected chi connectivity index (χ3v) is 19.0. The predicted molar refractivity (Wildman–Crippen MR) is 338 cm³/mol. The maximum atomic E-state index is 15.0. The molecule has 26 heteroatoms. The van der Waals surface area contributed by atoms with Crippen LogP contribution >= 0.6 is 11.6 Å². The highest BCUT2D eigenvalue weighted by atomic mass is 35.5. The second-order valence-corrected chi connectivity index (χ2v) is 28.5. The Balaban J connectivity index is 2.18. The molecule has 1 heterocycles. The number of nitrogens with one attached hydrogen (secondary N) is 4. The molecule has 1 saturated heterocycles. The zero-order chi connectivity index (χ0) is 68.6. The zero-order valence-corrected chi connectivity index (χ0v) is 57.8. The van der Waals surface area contributed by atoms with Gasteiger partial charge in [-0.2, -0.15) is 13.2 Å². The van der Waals surface area contributed by atoms with Crippen molar-refractivity contribution in [2.75, 3.05) is 69.0 Å². The van der Waals surface area contributed by atoms with Crippen molar-refractivity contribution in [2.24, 2.45) is 41.4 Å². The minimum Gasteiger partial charge on any atom is -0.351 e. The molecule has 2 aliphatic carbocycles. The van der Waals surface area contributed by atoms with Crippen LogP contribution in [0.5, 0.6) is 0 Å². The molecular formula is C64H109ClF3N11O11. The molecule has 0 spiro atoms. The molecule has 0 aromatic heterocycles. The van der Waals surface area contributed by atoms with Gasteiger partial charge in [-0.05, 0) is 140 Å². The number of amides is 11. The first kappa shape index (κ1) is 78.5. The topological polar surface area (TPSA) is 259 Å². The van der Waals surface area contributed by atoms with Crippen LogP contribution in [0.1, 0.15) is 172 Å². The van der Waals surface area contributed by atoms with Gasteiger partial charge in [0.1, 0.15) is 41.8 Å². The number of carbonyl (C=O) groups excluding carboxylic acids is 11. The van der Waals surface area contributed by atoms with Gasteiger partial charge in [0.15, 0.2) is 0 Å². The summed E-state index contributed by atoms with van der Waals surface area (Å²) in [7, 11) is 9.84. The minimum atomic E-state index is -4.35. The van der Waals surface area contributed by atoms with Gasteiger partial charge < -0.3 is 55.6 Å². The second kappa shape index (κ2) is 34.8. The van der Waals surface area contributed by atoms with Crippen molar-refractivity contribution in [3.05, 3.63) is 0 Å². The van der Waals surface area contributed by atoms with Gasteiger partial charge in [0.25, 0.3) is 0 Å². The van der Waals surface area contributed by atoms with E-state index in [-0.39, 0.29) is 93.3 Å². The van der Waals surface area contributed by atoms with Crippen LogP contribution in [0.15, 0.2) is 0 Å². The van der Waals surface area contributed by atoms with Crippen molar-refractivity contribution < 1.29 is 65.9 Å². The Labute approximate surface area is 538 Å². The van der Waals surface area contributed by atoms with Crippen molar-refractivity contribution >= 4 is 76.6 Å². The molecule has 0 aromatic rings. The number of nitrogens with zero attached hydrogens (tertiary/aromatic N) is 7. The molecule has 11 amide bonds. The van der Waals surface area contributed by atoms with E-state index in [4.69, 9.17) is 11.6 Å². The van der Waals surface area contributed by atoms with E-state index in [0.29, 0.717) is 32.1 Å². The molecule has 2 saturated carbocycles. The molecule has 0 radical (unpaired) electrons. The smallest absolute Gasteiger partial charge is 0.351 e. The molecule has 22 nitrogen and oxygen atoms in total. The van der Waals surface area contributed by atoms with Crippen LogP contribution in [0.2, 0.25) is 0 Å². The Bertz CT molecular complexity index is 2490. The summed E-state index contributed by atoms with van der Waals surface area (Å²) in [5.74, 6) is -10.1. The minimum absolute atomic E-state index is 0.0335. The van der Waals surface area contributed by atoms with Gasteiger partial charge in [0, 0.05) is 67.2 Å². The number of hydrogen-bond acceptors (Lipinski definition) is 11. The van der Waals surface area contributed by atoms with Crippen molar-refractivity contribution in [3.63, 3.8) is 0 Å². The molecule has 4 N–H and O–H groups in total. The van der Waals surface area contributed by atoms with E-state index in [9.17, 15) is 65.9 Å². The van der Waals surface area contributed by atoms with Crippen molar-refractivity contribution in [1.29, 1.82) is 0 Å². The third kappa shape index (κ3) is 22.8. The average molecular weight is 1300 g/mol. The molecule has 3 aliphatic rings. The van der Waals surface area contributed by atoms with Crippen molar-refractivity contribution in [2.45, 2.75) is 232 Å². The van der Waals surface area contributed by atoms with Crippen LogP contribution in [-0.2, 0) is 52.7 Å². The Hall–Kier alpha value is -5.75. The lowest BCUT2D eigenvalue weighted by Gasteiger charge is -2.38. The summed E-state index contributed by atoms with van der Waals surface area (Å²) in [4.78, 5) is 167. The SMILES string of the molecule is CC[C@H](C)[C@@H]1NC(=O)[C@H](C(C)C)N(C)C(=O)C[C@@H](C)NC(=O)[C@H](CC(C)C)N(C)C(=O)C(C)(C)NC(=O)[C@H](CC(C)C)N(C)C(=O)[C@H](CCC2CCC(C(F)(F)F)CC2)NC(=O)CN(C)C(=O)[C@H](CC2CCC(Cl)CC2)N(C)C(=O)CN(C)C(=O)CN(C)C1=O. The lowest BCUT2D eigenvalue weighted by Crippen LogP contribution is -2.63. The highest BCUT2D eigenvalue weighted by Gasteiger charge is 2.45. The molecule has 0 bridgehead atoms. The summed E-state index contributed by atoms with van der Waals surface area (Å²) >= 11 is 6.48.